The zero-order chi connectivity index (χ0) is 19.8. The first-order valence-corrected chi connectivity index (χ1v) is 9.79. The Kier molecular flexibility index (Phi) is 4.38. The molecule has 1 fully saturated rings. The van der Waals surface area contributed by atoms with Crippen LogP contribution in [-0.2, 0) is 6.42 Å². The van der Waals surface area contributed by atoms with Crippen LogP contribution in [0.3, 0.4) is 0 Å². The fraction of sp³-hybridized carbons (Fsp3) is 0.333. The van der Waals surface area contributed by atoms with Gasteiger partial charge >= 0.3 is 0 Å². The number of nitrogens with zero attached hydrogens (tertiary/aromatic N) is 4. The molecule has 2 aromatic heterocycles. The number of H-pyrrole nitrogens is 1. The van der Waals surface area contributed by atoms with Crippen molar-refractivity contribution in [3.63, 3.8) is 0 Å². The van der Waals surface area contributed by atoms with Crippen LogP contribution in [0.25, 0.3) is 11.2 Å². The Morgan fingerprint density at radius 3 is 3.10 bits per heavy atom. The van der Waals surface area contributed by atoms with Crippen LogP contribution in [0.5, 0.6) is 5.75 Å². The predicted molar refractivity (Wildman–Crippen MR) is 107 cm³/mol. The van der Waals surface area contributed by atoms with Crippen molar-refractivity contribution in [1.29, 1.82) is 0 Å². The molecule has 148 valence electrons. The standard InChI is InChI=1S/C21H21N5O3/c27-9-13-6-7-15-16(19(13)28)4-1-5-17(15)29-10-14-3-2-8-26(14)21-18-20(23-11-22-18)24-12-25-21/h1,4-5,9,11-12,14,27H,2-3,6-8,10H2,(H,22,23,24,25)/b13-9-/t14-/m1/s1. The average molecular weight is 391 g/mol. The summed E-state index contributed by atoms with van der Waals surface area (Å²) in [5.41, 5.74) is 3.48. The molecular weight excluding hydrogens is 370 g/mol. The lowest BCUT2D eigenvalue weighted by atomic mass is 9.87. The number of benzene rings is 1. The van der Waals surface area contributed by atoms with Gasteiger partial charge in [-0.25, -0.2) is 15.0 Å². The van der Waals surface area contributed by atoms with Gasteiger partial charge in [-0.15, -0.1) is 0 Å². The van der Waals surface area contributed by atoms with Gasteiger partial charge in [-0.3, -0.25) is 4.79 Å². The van der Waals surface area contributed by atoms with E-state index in [2.05, 4.69) is 24.8 Å². The number of nitrogens with one attached hydrogen (secondary N) is 1. The van der Waals surface area contributed by atoms with Crippen LogP contribution < -0.4 is 9.64 Å². The summed E-state index contributed by atoms with van der Waals surface area (Å²) in [5, 5.41) is 9.26. The van der Waals surface area contributed by atoms with Crippen molar-refractivity contribution in [3.05, 3.63) is 53.8 Å². The van der Waals surface area contributed by atoms with Gasteiger partial charge in [0.1, 0.15) is 24.2 Å². The first-order chi connectivity index (χ1) is 14.3. The number of hydrogen-bond acceptors (Lipinski definition) is 7. The molecule has 0 amide bonds. The quantitative estimate of drug-likeness (QED) is 0.520. The van der Waals surface area contributed by atoms with E-state index in [4.69, 9.17) is 4.74 Å². The summed E-state index contributed by atoms with van der Waals surface area (Å²) in [6.07, 6.45) is 7.37. The molecular formula is C21H21N5O3. The number of ketones is 1. The highest BCUT2D eigenvalue weighted by atomic mass is 16.5. The lowest BCUT2D eigenvalue weighted by molar-refractivity contribution is 0.102. The van der Waals surface area contributed by atoms with Crippen LogP contribution in [-0.4, -0.2) is 50.0 Å². The van der Waals surface area contributed by atoms with Gasteiger partial charge in [0.25, 0.3) is 0 Å². The van der Waals surface area contributed by atoms with Crippen LogP contribution in [0.15, 0.2) is 42.7 Å². The maximum Gasteiger partial charge on any atom is 0.192 e. The van der Waals surface area contributed by atoms with Crippen molar-refractivity contribution in [2.75, 3.05) is 18.1 Å². The van der Waals surface area contributed by atoms with E-state index >= 15 is 0 Å². The summed E-state index contributed by atoms with van der Waals surface area (Å²) in [6.45, 7) is 1.40. The second-order valence-corrected chi connectivity index (χ2v) is 7.36. The van der Waals surface area contributed by atoms with Gasteiger partial charge in [0.15, 0.2) is 17.2 Å². The SMILES string of the molecule is O=C1/C(=C\O)CCc2c(OC[C@H]3CCCN3c3ncnc4[nH]cnc34)cccc21. The van der Waals surface area contributed by atoms with Gasteiger partial charge in [-0.2, -0.15) is 0 Å². The lowest BCUT2D eigenvalue weighted by Crippen LogP contribution is -2.35. The van der Waals surface area contributed by atoms with Crippen LogP contribution in [0, 0.1) is 0 Å². The van der Waals surface area contributed by atoms with Gasteiger partial charge in [-0.05, 0) is 31.7 Å². The van der Waals surface area contributed by atoms with Gasteiger partial charge in [0, 0.05) is 23.2 Å². The fourth-order valence-corrected chi connectivity index (χ4v) is 4.28. The number of ether oxygens (including phenoxy) is 1. The molecule has 1 atom stereocenters. The van der Waals surface area contributed by atoms with E-state index in [-0.39, 0.29) is 11.8 Å². The van der Waals surface area contributed by atoms with E-state index in [0.29, 0.717) is 30.6 Å². The Hall–Kier alpha value is -3.42. The van der Waals surface area contributed by atoms with E-state index < -0.39 is 0 Å². The molecule has 3 aromatic rings. The van der Waals surface area contributed by atoms with Crippen molar-refractivity contribution >= 4 is 22.8 Å². The normalized spacial score (nSPS) is 20.4. The fourth-order valence-electron chi connectivity index (χ4n) is 4.28. The number of carbonyl (C=O) groups excluding carboxylic acids is 1. The van der Waals surface area contributed by atoms with Crippen LogP contribution in [0.2, 0.25) is 0 Å². The van der Waals surface area contributed by atoms with Gasteiger partial charge in [0.2, 0.25) is 0 Å². The number of aromatic amines is 1. The van der Waals surface area contributed by atoms with E-state index in [1.165, 1.54) is 0 Å². The zero-order valence-electron chi connectivity index (χ0n) is 15.8. The third-order valence-corrected chi connectivity index (χ3v) is 5.75. The first kappa shape index (κ1) is 17.7. The molecule has 8 nitrogen and oxygen atoms in total. The van der Waals surface area contributed by atoms with Crippen molar-refractivity contribution in [1.82, 2.24) is 19.9 Å². The molecule has 1 saturated heterocycles. The summed E-state index contributed by atoms with van der Waals surface area (Å²) in [5.74, 6) is 1.45. The third kappa shape index (κ3) is 3.00. The van der Waals surface area contributed by atoms with Gasteiger partial charge < -0.3 is 19.7 Å². The summed E-state index contributed by atoms with van der Waals surface area (Å²) in [6, 6.07) is 5.71. The van der Waals surface area contributed by atoms with E-state index in [1.807, 2.05) is 12.1 Å². The van der Waals surface area contributed by atoms with Crippen LogP contribution in [0.1, 0.15) is 35.2 Å². The number of rotatable bonds is 4. The molecule has 5 rings (SSSR count). The number of aliphatic hydroxyl groups is 1. The number of anilines is 1. The summed E-state index contributed by atoms with van der Waals surface area (Å²) < 4.78 is 6.20. The summed E-state index contributed by atoms with van der Waals surface area (Å²) >= 11 is 0. The zero-order valence-corrected chi connectivity index (χ0v) is 15.8. The number of hydrogen-bond donors (Lipinski definition) is 2. The Morgan fingerprint density at radius 1 is 1.28 bits per heavy atom. The second-order valence-electron chi connectivity index (χ2n) is 7.36. The Bertz CT molecular complexity index is 1110. The largest absolute Gasteiger partial charge is 0.515 e. The molecule has 2 aliphatic rings. The molecule has 8 heteroatoms. The monoisotopic (exact) mass is 391 g/mol. The molecule has 29 heavy (non-hydrogen) atoms. The van der Waals surface area contributed by atoms with Crippen molar-refractivity contribution in [3.8, 4) is 5.75 Å². The minimum Gasteiger partial charge on any atom is -0.515 e. The number of carbonyl (C=O) groups is 1. The molecule has 0 unspecified atom stereocenters. The lowest BCUT2D eigenvalue weighted by Gasteiger charge is -2.27. The summed E-state index contributed by atoms with van der Waals surface area (Å²) in [4.78, 5) is 30.8. The number of Topliss-reactive ketones (excluding diaryl/α,β-unsaturated/α-hetero) is 1. The number of aliphatic hydroxyl groups excluding tert-OH is 1. The Morgan fingerprint density at radius 2 is 2.21 bits per heavy atom. The molecule has 0 bridgehead atoms. The summed E-state index contributed by atoms with van der Waals surface area (Å²) in [7, 11) is 0. The smallest absolute Gasteiger partial charge is 0.192 e. The number of aromatic nitrogens is 4. The molecule has 3 heterocycles. The van der Waals surface area contributed by atoms with Crippen molar-refractivity contribution in [2.24, 2.45) is 0 Å². The van der Waals surface area contributed by atoms with Crippen molar-refractivity contribution < 1.29 is 14.6 Å². The van der Waals surface area contributed by atoms with E-state index in [0.717, 1.165) is 53.9 Å². The second kappa shape index (κ2) is 7.20. The number of imidazole rings is 1. The van der Waals surface area contributed by atoms with Crippen LogP contribution >= 0.6 is 0 Å². The molecule has 2 N–H and O–H groups in total. The Labute approximate surface area is 167 Å². The molecule has 1 aliphatic carbocycles. The minimum atomic E-state index is -0.122. The van der Waals surface area contributed by atoms with E-state index in [9.17, 15) is 9.90 Å². The first-order valence-electron chi connectivity index (χ1n) is 9.79. The minimum absolute atomic E-state index is 0.122. The Balaban J connectivity index is 1.37. The van der Waals surface area contributed by atoms with E-state index in [1.54, 1.807) is 18.7 Å². The highest BCUT2D eigenvalue weighted by Crippen LogP contribution is 2.33. The van der Waals surface area contributed by atoms with Crippen molar-refractivity contribution in [2.45, 2.75) is 31.7 Å². The highest BCUT2D eigenvalue weighted by molar-refractivity contribution is 6.10. The molecule has 0 radical (unpaired) electrons. The molecule has 1 aliphatic heterocycles. The number of allylic oxidation sites excluding steroid dienone is 1. The maximum atomic E-state index is 12.5. The third-order valence-electron chi connectivity index (χ3n) is 5.75. The maximum absolute atomic E-state index is 12.5. The highest BCUT2D eigenvalue weighted by Gasteiger charge is 2.30. The molecule has 0 spiro atoms. The average Bonchev–Trinajstić information content (AvgIpc) is 3.42. The molecule has 0 saturated carbocycles. The molecule has 1 aromatic carbocycles. The van der Waals surface area contributed by atoms with Gasteiger partial charge in [-0.1, -0.05) is 12.1 Å². The van der Waals surface area contributed by atoms with Gasteiger partial charge in [0.05, 0.1) is 18.6 Å². The predicted octanol–water partition coefficient (Wildman–Crippen LogP) is 2.97. The topological polar surface area (TPSA) is 104 Å². The van der Waals surface area contributed by atoms with Crippen LogP contribution in [0.4, 0.5) is 5.82 Å². The number of fused-ring (bicyclic) bond motifs is 2.